The van der Waals surface area contributed by atoms with Crippen molar-refractivity contribution in [2.75, 3.05) is 0 Å². The highest BCUT2D eigenvalue weighted by Crippen LogP contribution is 2.36. The summed E-state index contributed by atoms with van der Waals surface area (Å²) < 4.78 is 0. The maximum absolute atomic E-state index is 11.5. The van der Waals surface area contributed by atoms with Gasteiger partial charge < -0.3 is 5.11 Å². The number of hydrogen-bond acceptors (Lipinski definition) is 2. The number of carboxylic acids is 1. The number of pyridine rings is 1. The molecule has 0 aliphatic heterocycles. The molecule has 0 saturated carbocycles. The second-order valence-electron chi connectivity index (χ2n) is 6.48. The predicted molar refractivity (Wildman–Crippen MR) is 75.9 cm³/mol. The Kier molecular flexibility index (Phi) is 3.66. The summed E-state index contributed by atoms with van der Waals surface area (Å²) >= 11 is 0. The van der Waals surface area contributed by atoms with E-state index in [9.17, 15) is 9.90 Å². The summed E-state index contributed by atoms with van der Waals surface area (Å²) in [6, 6.07) is 1.87. The molecular weight excluding hydrogens is 238 g/mol. The van der Waals surface area contributed by atoms with Crippen LogP contribution in [0.5, 0.6) is 0 Å². The highest BCUT2D eigenvalue weighted by atomic mass is 16.4. The van der Waals surface area contributed by atoms with Crippen LogP contribution >= 0.6 is 0 Å². The summed E-state index contributed by atoms with van der Waals surface area (Å²) in [7, 11) is 0. The number of carbonyl (C=O) groups is 1. The van der Waals surface area contributed by atoms with E-state index >= 15 is 0 Å². The molecule has 2 rings (SSSR count). The van der Waals surface area contributed by atoms with Crippen LogP contribution in [0.4, 0.5) is 0 Å². The van der Waals surface area contributed by atoms with E-state index in [-0.39, 0.29) is 5.41 Å². The van der Waals surface area contributed by atoms with Gasteiger partial charge in [0.1, 0.15) is 0 Å². The molecule has 0 amide bonds. The first kappa shape index (κ1) is 14.0. The maximum atomic E-state index is 11.5. The Balaban J connectivity index is 2.63. The van der Waals surface area contributed by atoms with Gasteiger partial charge in [-0.05, 0) is 37.3 Å². The van der Waals surface area contributed by atoms with E-state index in [0.717, 1.165) is 36.2 Å². The molecule has 104 valence electrons. The molecule has 1 heterocycles. The Labute approximate surface area is 115 Å². The summed E-state index contributed by atoms with van der Waals surface area (Å²) in [6.07, 6.45) is 4.35. The minimum Gasteiger partial charge on any atom is -0.478 e. The van der Waals surface area contributed by atoms with Crippen LogP contribution in [0.2, 0.25) is 0 Å². The van der Waals surface area contributed by atoms with Gasteiger partial charge in [-0.2, -0.15) is 0 Å². The standard InChI is InChI=1S/C16H23NO2/c1-5-10-7-6-8-11-9-12(15(18)19)14(16(2,3)4)17-13(10)11/h9-10H,5-8H2,1-4H3,(H,18,19). The van der Waals surface area contributed by atoms with Gasteiger partial charge in [-0.3, -0.25) is 4.98 Å². The van der Waals surface area contributed by atoms with Crippen molar-refractivity contribution in [2.45, 2.75) is 64.7 Å². The summed E-state index contributed by atoms with van der Waals surface area (Å²) in [6.45, 7) is 8.26. The quantitative estimate of drug-likeness (QED) is 0.878. The first-order valence-corrected chi connectivity index (χ1v) is 7.12. The highest BCUT2D eigenvalue weighted by Gasteiger charge is 2.29. The van der Waals surface area contributed by atoms with Crippen LogP contribution in [0.15, 0.2) is 6.07 Å². The molecule has 1 aromatic rings. The minimum absolute atomic E-state index is 0.238. The zero-order chi connectivity index (χ0) is 14.2. The Morgan fingerprint density at radius 3 is 2.68 bits per heavy atom. The van der Waals surface area contributed by atoms with Crippen LogP contribution in [-0.2, 0) is 11.8 Å². The lowest BCUT2D eigenvalue weighted by Gasteiger charge is -2.28. The molecule has 1 aliphatic carbocycles. The van der Waals surface area contributed by atoms with Gasteiger partial charge in [-0.15, -0.1) is 0 Å². The Bertz CT molecular complexity index is 500. The first-order chi connectivity index (χ1) is 8.84. The van der Waals surface area contributed by atoms with Crippen LogP contribution in [0, 0.1) is 0 Å². The highest BCUT2D eigenvalue weighted by molar-refractivity contribution is 5.89. The molecule has 1 N–H and O–H groups in total. The van der Waals surface area contributed by atoms with E-state index in [1.807, 2.05) is 26.8 Å². The van der Waals surface area contributed by atoms with Crippen LogP contribution in [0.1, 0.15) is 80.2 Å². The molecule has 0 spiro atoms. The Morgan fingerprint density at radius 2 is 2.16 bits per heavy atom. The molecule has 0 saturated heterocycles. The summed E-state index contributed by atoms with van der Waals surface area (Å²) in [5.74, 6) is -0.369. The molecule has 1 unspecified atom stereocenters. The summed E-state index contributed by atoms with van der Waals surface area (Å²) in [5, 5.41) is 9.41. The van der Waals surface area contributed by atoms with Crippen LogP contribution in [0.25, 0.3) is 0 Å². The monoisotopic (exact) mass is 261 g/mol. The summed E-state index contributed by atoms with van der Waals surface area (Å²) in [4.78, 5) is 16.2. The Morgan fingerprint density at radius 1 is 1.47 bits per heavy atom. The molecule has 0 aromatic carbocycles. The average molecular weight is 261 g/mol. The lowest BCUT2D eigenvalue weighted by molar-refractivity contribution is 0.0693. The number of aromatic carboxylic acids is 1. The number of hydrogen-bond donors (Lipinski definition) is 1. The van der Waals surface area contributed by atoms with E-state index in [2.05, 4.69) is 6.92 Å². The van der Waals surface area contributed by atoms with Gasteiger partial charge in [0.2, 0.25) is 0 Å². The van der Waals surface area contributed by atoms with Gasteiger partial charge in [0.15, 0.2) is 0 Å². The fourth-order valence-corrected chi connectivity index (χ4v) is 2.93. The third-order valence-corrected chi connectivity index (χ3v) is 3.95. The topological polar surface area (TPSA) is 50.2 Å². The van der Waals surface area contributed by atoms with Crippen molar-refractivity contribution >= 4 is 5.97 Å². The molecule has 0 bridgehead atoms. The zero-order valence-electron chi connectivity index (χ0n) is 12.3. The van der Waals surface area contributed by atoms with Gasteiger partial charge in [-0.1, -0.05) is 27.7 Å². The molecule has 3 nitrogen and oxygen atoms in total. The van der Waals surface area contributed by atoms with Crippen molar-refractivity contribution < 1.29 is 9.90 Å². The summed E-state index contributed by atoms with van der Waals surface area (Å²) in [5.41, 5.74) is 3.15. The van der Waals surface area contributed by atoms with Crippen LogP contribution < -0.4 is 0 Å². The van der Waals surface area contributed by atoms with Crippen molar-refractivity contribution in [3.8, 4) is 0 Å². The molecule has 1 aromatic heterocycles. The van der Waals surface area contributed by atoms with Gasteiger partial charge in [0.25, 0.3) is 0 Å². The normalized spacial score (nSPS) is 19.1. The minimum atomic E-state index is -0.862. The number of aryl methyl sites for hydroxylation is 1. The molecule has 3 heteroatoms. The number of carboxylic acid groups (broad SMARTS) is 1. The SMILES string of the molecule is CCC1CCCc2cc(C(=O)O)c(C(C)(C)C)nc21. The third kappa shape index (κ3) is 2.65. The van der Waals surface area contributed by atoms with E-state index in [1.54, 1.807) is 0 Å². The largest absolute Gasteiger partial charge is 0.478 e. The predicted octanol–water partition coefficient (Wildman–Crippen LogP) is 3.91. The van der Waals surface area contributed by atoms with Crippen LogP contribution in [0.3, 0.4) is 0 Å². The number of fused-ring (bicyclic) bond motifs is 1. The second-order valence-corrected chi connectivity index (χ2v) is 6.48. The molecule has 0 radical (unpaired) electrons. The zero-order valence-corrected chi connectivity index (χ0v) is 12.3. The van der Waals surface area contributed by atoms with E-state index in [1.165, 1.54) is 6.42 Å². The average Bonchev–Trinajstić information content (AvgIpc) is 2.35. The van der Waals surface area contributed by atoms with Crippen molar-refractivity contribution in [2.24, 2.45) is 0 Å². The van der Waals surface area contributed by atoms with E-state index in [0.29, 0.717) is 11.5 Å². The van der Waals surface area contributed by atoms with Gasteiger partial charge in [-0.25, -0.2) is 4.79 Å². The van der Waals surface area contributed by atoms with Crippen LogP contribution in [-0.4, -0.2) is 16.1 Å². The first-order valence-electron chi connectivity index (χ1n) is 7.12. The van der Waals surface area contributed by atoms with Crippen molar-refractivity contribution in [3.63, 3.8) is 0 Å². The fourth-order valence-electron chi connectivity index (χ4n) is 2.93. The third-order valence-electron chi connectivity index (χ3n) is 3.95. The second kappa shape index (κ2) is 4.95. The smallest absolute Gasteiger partial charge is 0.337 e. The number of rotatable bonds is 2. The molecule has 19 heavy (non-hydrogen) atoms. The van der Waals surface area contributed by atoms with Crippen molar-refractivity contribution in [1.82, 2.24) is 4.98 Å². The van der Waals surface area contributed by atoms with Gasteiger partial charge >= 0.3 is 5.97 Å². The Hall–Kier alpha value is -1.38. The van der Waals surface area contributed by atoms with E-state index < -0.39 is 5.97 Å². The molecule has 1 aliphatic rings. The number of nitrogens with zero attached hydrogens (tertiary/aromatic N) is 1. The molecular formula is C16H23NO2. The van der Waals surface area contributed by atoms with Crippen molar-refractivity contribution in [1.29, 1.82) is 0 Å². The fraction of sp³-hybridized carbons (Fsp3) is 0.625. The maximum Gasteiger partial charge on any atom is 0.337 e. The van der Waals surface area contributed by atoms with Crippen molar-refractivity contribution in [3.05, 3.63) is 28.6 Å². The molecule has 1 atom stereocenters. The van der Waals surface area contributed by atoms with Gasteiger partial charge in [0.05, 0.1) is 11.3 Å². The lowest BCUT2D eigenvalue weighted by Crippen LogP contribution is -2.23. The van der Waals surface area contributed by atoms with E-state index in [4.69, 9.17) is 4.98 Å². The lowest BCUT2D eigenvalue weighted by atomic mass is 9.81. The number of aromatic nitrogens is 1. The molecule has 0 fully saturated rings. The van der Waals surface area contributed by atoms with Gasteiger partial charge in [0, 0.05) is 17.0 Å².